The van der Waals surface area contributed by atoms with Crippen LogP contribution in [0.1, 0.15) is 50.0 Å². The molecule has 4 nitrogen and oxygen atoms in total. The van der Waals surface area contributed by atoms with Gasteiger partial charge >= 0.3 is 0 Å². The van der Waals surface area contributed by atoms with Crippen LogP contribution < -0.4 is 10.9 Å². The van der Waals surface area contributed by atoms with Gasteiger partial charge in [-0.15, -0.1) is 0 Å². The Balaban J connectivity index is 2.21. The highest BCUT2D eigenvalue weighted by molar-refractivity contribution is 5.06. The topological polar surface area (TPSA) is 57.8 Å². The molecule has 2 unspecified atom stereocenters. The lowest BCUT2D eigenvalue weighted by Gasteiger charge is -2.26. The smallest absolute Gasteiger partial charge is 0.251 e. The van der Waals surface area contributed by atoms with Crippen LogP contribution in [0.25, 0.3) is 0 Å². The fraction of sp³-hybridized carbons (Fsp3) is 0.692. The summed E-state index contributed by atoms with van der Waals surface area (Å²) >= 11 is 0. The van der Waals surface area contributed by atoms with Crippen molar-refractivity contribution in [1.82, 2.24) is 15.3 Å². The Kier molecular flexibility index (Phi) is 3.94. The van der Waals surface area contributed by atoms with Crippen molar-refractivity contribution in [2.24, 2.45) is 5.92 Å². The van der Waals surface area contributed by atoms with E-state index in [0.717, 1.165) is 30.3 Å². The van der Waals surface area contributed by atoms with Gasteiger partial charge in [-0.05, 0) is 25.8 Å². The van der Waals surface area contributed by atoms with Crippen LogP contribution in [0, 0.1) is 5.92 Å². The molecule has 0 spiro atoms. The monoisotopic (exact) mass is 235 g/mol. The van der Waals surface area contributed by atoms with Gasteiger partial charge in [-0.3, -0.25) is 4.79 Å². The second-order valence-corrected chi connectivity index (χ2v) is 5.12. The predicted octanol–water partition coefficient (Wildman–Crippen LogP) is 1.78. The Hall–Kier alpha value is -1.16. The maximum atomic E-state index is 11.6. The molecule has 1 aromatic heterocycles. The maximum Gasteiger partial charge on any atom is 0.251 e. The van der Waals surface area contributed by atoms with Gasteiger partial charge in [0.2, 0.25) is 0 Å². The highest BCUT2D eigenvalue weighted by Gasteiger charge is 2.22. The quantitative estimate of drug-likeness (QED) is 0.839. The molecular formula is C13H21N3O. The van der Waals surface area contributed by atoms with Crippen LogP contribution in [0.5, 0.6) is 0 Å². The molecule has 17 heavy (non-hydrogen) atoms. The van der Waals surface area contributed by atoms with Crippen LogP contribution in [-0.4, -0.2) is 17.0 Å². The van der Waals surface area contributed by atoms with E-state index in [1.165, 1.54) is 12.8 Å². The molecule has 4 heteroatoms. The minimum absolute atomic E-state index is 0.0292. The van der Waals surface area contributed by atoms with Gasteiger partial charge in [0.25, 0.3) is 5.56 Å². The number of hydrogen-bond donors (Lipinski definition) is 2. The Labute approximate surface area is 102 Å². The first-order valence-electron chi connectivity index (χ1n) is 6.43. The van der Waals surface area contributed by atoms with Crippen LogP contribution in [0.4, 0.5) is 0 Å². The number of rotatable bonds is 3. The number of nitrogens with zero attached hydrogens (tertiary/aromatic N) is 1. The summed E-state index contributed by atoms with van der Waals surface area (Å²) in [7, 11) is 1.87. The molecule has 0 aromatic carbocycles. The van der Waals surface area contributed by atoms with E-state index in [4.69, 9.17) is 0 Å². The molecule has 1 fully saturated rings. The largest absolute Gasteiger partial charge is 0.314 e. The zero-order chi connectivity index (χ0) is 12.3. The van der Waals surface area contributed by atoms with Crippen LogP contribution in [0.2, 0.25) is 0 Å². The molecule has 2 atom stereocenters. The second-order valence-electron chi connectivity index (χ2n) is 5.12. The van der Waals surface area contributed by atoms with Gasteiger partial charge in [-0.25, -0.2) is 4.98 Å². The van der Waals surface area contributed by atoms with Crippen molar-refractivity contribution in [2.45, 2.75) is 45.1 Å². The fourth-order valence-corrected chi connectivity index (χ4v) is 2.68. The van der Waals surface area contributed by atoms with E-state index in [0.29, 0.717) is 12.5 Å². The molecule has 2 rings (SSSR count). The predicted molar refractivity (Wildman–Crippen MR) is 68.0 cm³/mol. The Morgan fingerprint density at radius 3 is 3.06 bits per heavy atom. The van der Waals surface area contributed by atoms with Gasteiger partial charge < -0.3 is 10.3 Å². The molecule has 1 aliphatic carbocycles. The number of aromatic nitrogens is 2. The molecule has 1 aliphatic rings. The van der Waals surface area contributed by atoms with Crippen molar-refractivity contribution >= 4 is 0 Å². The average molecular weight is 235 g/mol. The third kappa shape index (κ3) is 3.16. The van der Waals surface area contributed by atoms with E-state index in [1.807, 2.05) is 7.05 Å². The average Bonchev–Trinajstić information content (AvgIpc) is 2.28. The summed E-state index contributed by atoms with van der Waals surface area (Å²) in [6.07, 6.45) is 4.84. The second kappa shape index (κ2) is 5.45. The Morgan fingerprint density at radius 2 is 2.35 bits per heavy atom. The first-order chi connectivity index (χ1) is 8.19. The normalized spacial score (nSPS) is 24.8. The third-order valence-electron chi connectivity index (χ3n) is 3.49. The number of aromatic amines is 1. The van der Waals surface area contributed by atoms with E-state index in [1.54, 1.807) is 6.07 Å². The van der Waals surface area contributed by atoms with Gasteiger partial charge in [0.05, 0.1) is 5.69 Å². The molecule has 0 radical (unpaired) electrons. The molecule has 0 aliphatic heterocycles. The van der Waals surface area contributed by atoms with Crippen molar-refractivity contribution < 1.29 is 0 Å². The lowest BCUT2D eigenvalue weighted by atomic mass is 9.82. The third-order valence-corrected chi connectivity index (χ3v) is 3.49. The summed E-state index contributed by atoms with van der Waals surface area (Å²) in [6, 6.07) is 1.58. The van der Waals surface area contributed by atoms with Gasteiger partial charge in [-0.2, -0.15) is 0 Å². The van der Waals surface area contributed by atoms with Crippen molar-refractivity contribution in [3.05, 3.63) is 27.9 Å². The first kappa shape index (κ1) is 12.3. The lowest BCUT2D eigenvalue weighted by molar-refractivity contribution is 0.334. The molecular weight excluding hydrogens is 214 g/mol. The van der Waals surface area contributed by atoms with Crippen molar-refractivity contribution in [3.8, 4) is 0 Å². The zero-order valence-corrected chi connectivity index (χ0v) is 10.6. The molecule has 94 valence electrons. The minimum atomic E-state index is -0.0292. The number of H-pyrrole nitrogens is 1. The SMILES string of the molecule is CNCc1cc(=O)[nH]c(C2CCCC(C)C2)n1. The minimum Gasteiger partial charge on any atom is -0.314 e. The molecule has 0 amide bonds. The Bertz CT molecular complexity index is 427. The van der Waals surface area contributed by atoms with Crippen LogP contribution in [0.3, 0.4) is 0 Å². The van der Waals surface area contributed by atoms with E-state index >= 15 is 0 Å². The maximum absolute atomic E-state index is 11.6. The molecule has 0 saturated heterocycles. The van der Waals surface area contributed by atoms with Gasteiger partial charge in [0.15, 0.2) is 0 Å². The summed E-state index contributed by atoms with van der Waals surface area (Å²) in [5, 5.41) is 3.03. The van der Waals surface area contributed by atoms with Gasteiger partial charge in [0.1, 0.15) is 5.82 Å². The molecule has 1 saturated carbocycles. The van der Waals surface area contributed by atoms with E-state index < -0.39 is 0 Å². The van der Waals surface area contributed by atoms with E-state index in [-0.39, 0.29) is 5.56 Å². The van der Waals surface area contributed by atoms with E-state index in [2.05, 4.69) is 22.2 Å². The number of nitrogens with one attached hydrogen (secondary N) is 2. The standard InChI is InChI=1S/C13H21N3O/c1-9-4-3-5-10(6-9)13-15-11(8-14-2)7-12(17)16-13/h7,9-10,14H,3-6,8H2,1-2H3,(H,15,16,17). The first-order valence-corrected chi connectivity index (χ1v) is 6.43. The summed E-state index contributed by atoms with van der Waals surface area (Å²) < 4.78 is 0. The lowest BCUT2D eigenvalue weighted by Crippen LogP contribution is -2.21. The summed E-state index contributed by atoms with van der Waals surface area (Å²) in [5.41, 5.74) is 0.808. The summed E-state index contributed by atoms with van der Waals surface area (Å²) in [4.78, 5) is 19.1. The van der Waals surface area contributed by atoms with Crippen LogP contribution in [-0.2, 0) is 6.54 Å². The van der Waals surface area contributed by atoms with Crippen LogP contribution in [0.15, 0.2) is 10.9 Å². The van der Waals surface area contributed by atoms with Gasteiger partial charge in [0, 0.05) is 18.5 Å². The molecule has 2 N–H and O–H groups in total. The fourth-order valence-electron chi connectivity index (χ4n) is 2.68. The zero-order valence-electron chi connectivity index (χ0n) is 10.6. The summed E-state index contributed by atoms with van der Waals surface area (Å²) in [6.45, 7) is 2.93. The molecule has 1 heterocycles. The highest BCUT2D eigenvalue weighted by Crippen LogP contribution is 2.33. The highest BCUT2D eigenvalue weighted by atomic mass is 16.1. The van der Waals surface area contributed by atoms with Crippen molar-refractivity contribution in [3.63, 3.8) is 0 Å². The number of hydrogen-bond acceptors (Lipinski definition) is 3. The van der Waals surface area contributed by atoms with E-state index in [9.17, 15) is 4.79 Å². The molecule has 0 bridgehead atoms. The van der Waals surface area contributed by atoms with Crippen molar-refractivity contribution in [1.29, 1.82) is 0 Å². The van der Waals surface area contributed by atoms with Crippen LogP contribution >= 0.6 is 0 Å². The Morgan fingerprint density at radius 1 is 1.53 bits per heavy atom. The summed E-state index contributed by atoms with van der Waals surface area (Å²) in [5.74, 6) is 2.06. The molecule has 1 aromatic rings. The van der Waals surface area contributed by atoms with Gasteiger partial charge in [-0.1, -0.05) is 19.8 Å². The van der Waals surface area contributed by atoms with Crippen molar-refractivity contribution in [2.75, 3.05) is 7.05 Å².